The van der Waals surface area contributed by atoms with Crippen LogP contribution in [-0.4, -0.2) is 30.4 Å². The highest BCUT2D eigenvalue weighted by Crippen LogP contribution is 2.18. The number of carbonyl (C=O) groups is 3. The predicted molar refractivity (Wildman–Crippen MR) is 111 cm³/mol. The summed E-state index contributed by atoms with van der Waals surface area (Å²) in [5, 5.41) is 6.84. The zero-order valence-electron chi connectivity index (χ0n) is 16.4. The first-order valence-corrected chi connectivity index (χ1v) is 9.42. The van der Waals surface area contributed by atoms with E-state index in [1.165, 1.54) is 25.1 Å². The molecule has 2 N–H and O–H groups in total. The Morgan fingerprint density at radius 3 is 2.47 bits per heavy atom. The monoisotopic (exact) mass is 408 g/mol. The number of amides is 2. The van der Waals surface area contributed by atoms with Gasteiger partial charge < -0.3 is 15.4 Å². The fraction of sp³-hybridized carbons (Fsp3) is 0.174. The minimum atomic E-state index is -1.15. The quantitative estimate of drug-likeness (QED) is 0.588. The van der Waals surface area contributed by atoms with E-state index in [1.807, 2.05) is 42.5 Å². The van der Waals surface area contributed by atoms with Crippen molar-refractivity contribution in [2.24, 2.45) is 0 Å². The van der Waals surface area contributed by atoms with Crippen LogP contribution in [-0.2, 0) is 25.5 Å². The third kappa shape index (κ3) is 5.41. The largest absolute Gasteiger partial charge is 0.451 e. The van der Waals surface area contributed by atoms with Gasteiger partial charge in [-0.25, -0.2) is 4.39 Å². The molecular weight excluding hydrogens is 387 g/mol. The maximum absolute atomic E-state index is 13.6. The van der Waals surface area contributed by atoms with Crippen LogP contribution in [0.3, 0.4) is 0 Å². The molecule has 7 heteroatoms. The van der Waals surface area contributed by atoms with E-state index in [-0.39, 0.29) is 24.6 Å². The van der Waals surface area contributed by atoms with Crippen molar-refractivity contribution < 1.29 is 23.5 Å². The lowest BCUT2D eigenvalue weighted by molar-refractivity contribution is -0.152. The van der Waals surface area contributed by atoms with Crippen molar-refractivity contribution in [3.05, 3.63) is 78.1 Å². The summed E-state index contributed by atoms with van der Waals surface area (Å²) >= 11 is 0. The molecule has 0 saturated carbocycles. The number of nitrogens with one attached hydrogen (secondary N) is 2. The molecule has 0 heterocycles. The molecule has 0 spiro atoms. The van der Waals surface area contributed by atoms with Gasteiger partial charge >= 0.3 is 5.97 Å². The van der Waals surface area contributed by atoms with E-state index in [1.54, 1.807) is 6.07 Å². The molecule has 0 bridgehead atoms. The summed E-state index contributed by atoms with van der Waals surface area (Å²) in [4.78, 5) is 36.2. The molecule has 30 heavy (non-hydrogen) atoms. The lowest BCUT2D eigenvalue weighted by Gasteiger charge is -2.14. The Bertz CT molecular complexity index is 1080. The lowest BCUT2D eigenvalue weighted by Crippen LogP contribution is -2.36. The highest BCUT2D eigenvalue weighted by atomic mass is 19.1. The summed E-state index contributed by atoms with van der Waals surface area (Å²) in [5.74, 6) is -2.37. The van der Waals surface area contributed by atoms with Crippen molar-refractivity contribution in [3.8, 4) is 0 Å². The van der Waals surface area contributed by atoms with Gasteiger partial charge in [-0.1, -0.05) is 54.6 Å². The maximum atomic E-state index is 13.6. The Morgan fingerprint density at radius 2 is 1.67 bits per heavy atom. The first-order chi connectivity index (χ1) is 14.4. The van der Waals surface area contributed by atoms with E-state index >= 15 is 0 Å². The van der Waals surface area contributed by atoms with Crippen LogP contribution in [0.4, 0.5) is 10.1 Å². The molecule has 2 amide bonds. The maximum Gasteiger partial charge on any atom is 0.326 e. The number of esters is 1. The normalized spacial score (nSPS) is 11.5. The molecule has 154 valence electrons. The van der Waals surface area contributed by atoms with Crippen LogP contribution in [0.25, 0.3) is 10.8 Å². The Morgan fingerprint density at radius 1 is 0.967 bits per heavy atom. The molecule has 1 atom stereocenters. The molecule has 0 aliphatic carbocycles. The van der Waals surface area contributed by atoms with Crippen LogP contribution < -0.4 is 10.6 Å². The number of para-hydroxylation sites is 1. The number of benzene rings is 3. The van der Waals surface area contributed by atoms with E-state index in [2.05, 4.69) is 10.6 Å². The smallest absolute Gasteiger partial charge is 0.326 e. The zero-order valence-corrected chi connectivity index (χ0v) is 16.4. The molecule has 0 radical (unpaired) electrons. The number of anilines is 1. The number of hydrogen-bond donors (Lipinski definition) is 2. The van der Waals surface area contributed by atoms with Crippen molar-refractivity contribution >= 4 is 34.2 Å². The van der Waals surface area contributed by atoms with E-state index in [0.29, 0.717) is 0 Å². The Kier molecular flexibility index (Phi) is 6.75. The number of fused-ring (bicyclic) bond motifs is 1. The third-order valence-corrected chi connectivity index (χ3v) is 4.47. The van der Waals surface area contributed by atoms with Gasteiger partial charge in [0.15, 0.2) is 6.10 Å². The molecule has 0 unspecified atom stereocenters. The predicted octanol–water partition coefficient (Wildman–Crippen LogP) is 3.21. The summed E-state index contributed by atoms with van der Waals surface area (Å²) < 4.78 is 18.6. The second kappa shape index (κ2) is 9.65. The number of carbonyl (C=O) groups excluding carboxylic acids is 3. The highest BCUT2D eigenvalue weighted by Gasteiger charge is 2.19. The molecule has 0 aliphatic rings. The summed E-state index contributed by atoms with van der Waals surface area (Å²) in [5.41, 5.74) is 0.838. The van der Waals surface area contributed by atoms with Crippen LogP contribution in [0.5, 0.6) is 0 Å². The topological polar surface area (TPSA) is 84.5 Å². The molecule has 3 aromatic carbocycles. The summed E-state index contributed by atoms with van der Waals surface area (Å²) in [7, 11) is 0. The lowest BCUT2D eigenvalue weighted by atomic mass is 10.0. The van der Waals surface area contributed by atoms with Crippen molar-refractivity contribution in [2.75, 3.05) is 11.9 Å². The van der Waals surface area contributed by atoms with Gasteiger partial charge in [-0.2, -0.15) is 0 Å². The first-order valence-electron chi connectivity index (χ1n) is 9.42. The third-order valence-electron chi connectivity index (χ3n) is 4.47. The van der Waals surface area contributed by atoms with Gasteiger partial charge in [0.05, 0.1) is 12.1 Å². The fourth-order valence-corrected chi connectivity index (χ4v) is 2.94. The van der Waals surface area contributed by atoms with Gasteiger partial charge in [0.2, 0.25) is 5.91 Å². The minimum Gasteiger partial charge on any atom is -0.451 e. The van der Waals surface area contributed by atoms with Crippen LogP contribution in [0.2, 0.25) is 0 Å². The van der Waals surface area contributed by atoms with Crippen LogP contribution in [0.15, 0.2) is 66.7 Å². The van der Waals surface area contributed by atoms with Gasteiger partial charge in [-0.05, 0) is 35.4 Å². The summed E-state index contributed by atoms with van der Waals surface area (Å²) in [6.07, 6.45) is -1.04. The van der Waals surface area contributed by atoms with E-state index in [0.717, 1.165) is 16.3 Å². The van der Waals surface area contributed by atoms with E-state index in [9.17, 15) is 18.8 Å². The molecule has 0 aromatic heterocycles. The van der Waals surface area contributed by atoms with Crippen molar-refractivity contribution in [1.29, 1.82) is 0 Å². The fourth-order valence-electron chi connectivity index (χ4n) is 2.94. The van der Waals surface area contributed by atoms with Crippen molar-refractivity contribution in [3.63, 3.8) is 0 Å². The number of halogens is 1. The van der Waals surface area contributed by atoms with E-state index < -0.39 is 23.8 Å². The molecule has 6 nitrogen and oxygen atoms in total. The number of ether oxygens (including phenoxy) is 1. The SMILES string of the molecule is C[C@H](OC(=O)CNC(=O)Cc1cccc2ccccc12)C(=O)Nc1ccccc1F. The Balaban J connectivity index is 1.48. The standard InChI is InChI=1S/C23H21FN2O4/c1-15(23(29)26-20-12-5-4-11-19(20)24)30-22(28)14-25-21(27)13-17-9-6-8-16-7-2-3-10-18(16)17/h2-12,15H,13-14H2,1H3,(H,25,27)(H,26,29)/t15-/m0/s1. The summed E-state index contributed by atoms with van der Waals surface area (Å²) in [6.45, 7) is 0.993. The Hall–Kier alpha value is -3.74. The Labute approximate surface area is 173 Å². The number of rotatable bonds is 7. The van der Waals surface area contributed by atoms with Crippen LogP contribution in [0.1, 0.15) is 12.5 Å². The van der Waals surface area contributed by atoms with Crippen molar-refractivity contribution in [1.82, 2.24) is 5.32 Å². The molecule has 0 saturated heterocycles. The molecule has 3 rings (SSSR count). The van der Waals surface area contributed by atoms with Gasteiger partial charge in [0.25, 0.3) is 5.91 Å². The van der Waals surface area contributed by atoms with Crippen molar-refractivity contribution in [2.45, 2.75) is 19.4 Å². The van der Waals surface area contributed by atoms with Gasteiger partial charge in [0.1, 0.15) is 12.4 Å². The van der Waals surface area contributed by atoms with Crippen LogP contribution >= 0.6 is 0 Å². The average molecular weight is 408 g/mol. The van der Waals surface area contributed by atoms with E-state index in [4.69, 9.17) is 4.74 Å². The second-order valence-electron chi connectivity index (χ2n) is 6.69. The zero-order chi connectivity index (χ0) is 21.5. The molecular formula is C23H21FN2O4. The first kappa shape index (κ1) is 21.0. The van der Waals surface area contributed by atoms with Gasteiger partial charge in [0, 0.05) is 0 Å². The summed E-state index contributed by atoms with van der Waals surface area (Å²) in [6, 6.07) is 19.1. The second-order valence-corrected chi connectivity index (χ2v) is 6.69. The van der Waals surface area contributed by atoms with Gasteiger partial charge in [-0.15, -0.1) is 0 Å². The van der Waals surface area contributed by atoms with Gasteiger partial charge in [-0.3, -0.25) is 14.4 Å². The number of hydrogen-bond acceptors (Lipinski definition) is 4. The highest BCUT2D eigenvalue weighted by molar-refractivity contribution is 5.95. The molecule has 3 aromatic rings. The van der Waals surface area contributed by atoms with Crippen LogP contribution in [0, 0.1) is 5.82 Å². The molecule has 0 fully saturated rings. The molecule has 0 aliphatic heterocycles. The average Bonchev–Trinajstić information content (AvgIpc) is 2.74. The minimum absolute atomic E-state index is 0.00575.